The number of nitrogen functional groups attached to an aromatic ring is 1. The Kier molecular flexibility index (Phi) is 3.44. The smallest absolute Gasteiger partial charge is 0.0951 e. The molecule has 0 saturated heterocycles. The minimum Gasteiger partial charge on any atom is -0.397 e. The van der Waals surface area contributed by atoms with Gasteiger partial charge in [-0.3, -0.25) is 4.98 Å². The van der Waals surface area contributed by atoms with E-state index in [1.165, 1.54) is 0 Å². The van der Waals surface area contributed by atoms with Crippen molar-refractivity contribution in [3.05, 3.63) is 65.3 Å². The highest BCUT2D eigenvalue weighted by Crippen LogP contribution is 2.26. The first-order valence-corrected chi connectivity index (χ1v) is 6.73. The van der Waals surface area contributed by atoms with Crippen molar-refractivity contribution in [2.24, 2.45) is 0 Å². The lowest BCUT2D eigenvalue weighted by Crippen LogP contribution is -2.01. The fourth-order valence-corrected chi connectivity index (χ4v) is 2.41. The molecule has 0 spiro atoms. The molecule has 0 unspecified atom stereocenters. The van der Waals surface area contributed by atoms with Crippen LogP contribution >= 0.6 is 11.6 Å². The van der Waals surface area contributed by atoms with Gasteiger partial charge in [-0.1, -0.05) is 23.7 Å². The van der Waals surface area contributed by atoms with Gasteiger partial charge in [-0.25, -0.2) is 0 Å². The van der Waals surface area contributed by atoms with Gasteiger partial charge in [0.2, 0.25) is 0 Å². The number of hydrogen-bond donors (Lipinski definition) is 2. The van der Waals surface area contributed by atoms with Crippen molar-refractivity contribution in [3.8, 4) is 0 Å². The number of nitrogens with two attached hydrogens (primary N) is 1. The molecular formula is C16H14ClN3. The number of rotatable bonds is 3. The Labute approximate surface area is 122 Å². The summed E-state index contributed by atoms with van der Waals surface area (Å²) < 4.78 is 0. The van der Waals surface area contributed by atoms with E-state index >= 15 is 0 Å². The van der Waals surface area contributed by atoms with E-state index in [9.17, 15) is 0 Å². The Hall–Kier alpha value is -2.26. The van der Waals surface area contributed by atoms with Crippen molar-refractivity contribution in [1.29, 1.82) is 0 Å². The maximum absolute atomic E-state index is 5.99. The predicted octanol–water partition coefficient (Wildman–Crippen LogP) is 4.08. The topological polar surface area (TPSA) is 50.9 Å². The summed E-state index contributed by atoms with van der Waals surface area (Å²) in [6.45, 7) is 0.703. The van der Waals surface area contributed by atoms with Gasteiger partial charge in [0, 0.05) is 28.8 Å². The van der Waals surface area contributed by atoms with E-state index in [1.54, 1.807) is 6.20 Å². The molecule has 0 aliphatic carbocycles. The molecule has 0 aliphatic heterocycles. The molecule has 3 aromatic rings. The molecule has 0 aliphatic rings. The number of nitrogens with one attached hydrogen (secondary N) is 1. The Balaban J connectivity index is 1.90. The number of fused-ring (bicyclic) bond motifs is 1. The summed E-state index contributed by atoms with van der Waals surface area (Å²) in [5.41, 5.74) is 9.60. The number of pyridine rings is 1. The molecule has 20 heavy (non-hydrogen) atoms. The number of halogens is 1. The summed E-state index contributed by atoms with van der Waals surface area (Å²) in [4.78, 5) is 4.32. The van der Waals surface area contributed by atoms with Gasteiger partial charge in [-0.05, 0) is 42.0 Å². The molecule has 1 aromatic heterocycles. The van der Waals surface area contributed by atoms with Crippen LogP contribution in [0.25, 0.3) is 10.9 Å². The van der Waals surface area contributed by atoms with Gasteiger partial charge in [0.1, 0.15) is 0 Å². The minimum absolute atomic E-state index is 0.689. The summed E-state index contributed by atoms with van der Waals surface area (Å²) in [5.74, 6) is 0. The fourth-order valence-electron chi connectivity index (χ4n) is 2.19. The van der Waals surface area contributed by atoms with Crippen LogP contribution in [-0.4, -0.2) is 4.98 Å². The maximum atomic E-state index is 5.99. The van der Waals surface area contributed by atoms with E-state index in [0.29, 0.717) is 12.2 Å². The Bertz CT molecular complexity index is 756. The lowest BCUT2D eigenvalue weighted by atomic mass is 10.1. The first-order chi connectivity index (χ1) is 9.74. The average Bonchev–Trinajstić information content (AvgIpc) is 2.47. The molecule has 4 heteroatoms. The summed E-state index contributed by atoms with van der Waals surface area (Å²) >= 11 is 5.99. The van der Waals surface area contributed by atoms with Gasteiger partial charge < -0.3 is 11.1 Å². The van der Waals surface area contributed by atoms with Crippen LogP contribution in [0.15, 0.2) is 54.7 Å². The standard InChI is InChI=1S/C16H14ClN3/c17-12-4-1-3-11(9-12)10-20-15-7-6-14(18)16-13(15)5-2-8-19-16/h1-9,20H,10,18H2. The van der Waals surface area contributed by atoms with E-state index in [1.807, 2.05) is 48.5 Å². The SMILES string of the molecule is Nc1ccc(NCc2cccc(Cl)c2)c2cccnc12. The summed E-state index contributed by atoms with van der Waals surface area (Å²) in [6, 6.07) is 15.6. The molecule has 0 fully saturated rings. The summed E-state index contributed by atoms with van der Waals surface area (Å²) in [5, 5.41) is 5.17. The lowest BCUT2D eigenvalue weighted by molar-refractivity contribution is 1.15. The molecule has 0 saturated carbocycles. The van der Waals surface area contributed by atoms with Crippen LogP contribution in [0.3, 0.4) is 0 Å². The molecule has 0 atom stereocenters. The number of anilines is 2. The quantitative estimate of drug-likeness (QED) is 0.712. The Morgan fingerprint density at radius 3 is 2.85 bits per heavy atom. The van der Waals surface area contributed by atoms with E-state index in [2.05, 4.69) is 10.3 Å². The van der Waals surface area contributed by atoms with E-state index in [4.69, 9.17) is 17.3 Å². The van der Waals surface area contributed by atoms with Gasteiger partial charge in [-0.2, -0.15) is 0 Å². The number of aromatic nitrogens is 1. The van der Waals surface area contributed by atoms with Crippen molar-refractivity contribution in [3.63, 3.8) is 0 Å². The first kappa shape index (κ1) is 12.8. The van der Waals surface area contributed by atoms with Gasteiger partial charge in [0.15, 0.2) is 0 Å². The molecule has 0 amide bonds. The van der Waals surface area contributed by atoms with Crippen molar-refractivity contribution < 1.29 is 0 Å². The normalized spacial score (nSPS) is 10.7. The Morgan fingerprint density at radius 2 is 2.00 bits per heavy atom. The molecular weight excluding hydrogens is 270 g/mol. The highest BCUT2D eigenvalue weighted by molar-refractivity contribution is 6.30. The minimum atomic E-state index is 0.689. The van der Waals surface area contributed by atoms with E-state index in [-0.39, 0.29) is 0 Å². The number of hydrogen-bond acceptors (Lipinski definition) is 3. The van der Waals surface area contributed by atoms with Gasteiger partial charge >= 0.3 is 0 Å². The van der Waals surface area contributed by atoms with E-state index < -0.39 is 0 Å². The fraction of sp³-hybridized carbons (Fsp3) is 0.0625. The largest absolute Gasteiger partial charge is 0.397 e. The monoisotopic (exact) mass is 283 g/mol. The second-order valence-electron chi connectivity index (χ2n) is 4.59. The van der Waals surface area contributed by atoms with Gasteiger partial charge in [0.05, 0.1) is 11.2 Å². The average molecular weight is 284 g/mol. The maximum Gasteiger partial charge on any atom is 0.0951 e. The molecule has 1 heterocycles. The molecule has 2 aromatic carbocycles. The van der Waals surface area contributed by atoms with Gasteiger partial charge in [-0.15, -0.1) is 0 Å². The van der Waals surface area contributed by atoms with Crippen LogP contribution in [0, 0.1) is 0 Å². The molecule has 3 N–H and O–H groups in total. The third kappa shape index (κ3) is 2.53. The van der Waals surface area contributed by atoms with Crippen LogP contribution in [0.1, 0.15) is 5.56 Å². The second kappa shape index (κ2) is 5.39. The second-order valence-corrected chi connectivity index (χ2v) is 5.02. The zero-order chi connectivity index (χ0) is 13.9. The van der Waals surface area contributed by atoms with Crippen molar-refractivity contribution >= 4 is 33.9 Å². The highest BCUT2D eigenvalue weighted by atomic mass is 35.5. The lowest BCUT2D eigenvalue weighted by Gasteiger charge is -2.11. The molecule has 100 valence electrons. The van der Waals surface area contributed by atoms with Crippen LogP contribution in [-0.2, 0) is 6.54 Å². The molecule has 3 nitrogen and oxygen atoms in total. The number of nitrogens with zero attached hydrogens (tertiary/aromatic N) is 1. The summed E-state index contributed by atoms with van der Waals surface area (Å²) in [7, 11) is 0. The van der Waals surface area contributed by atoms with Crippen LogP contribution < -0.4 is 11.1 Å². The van der Waals surface area contributed by atoms with Crippen molar-refractivity contribution in [2.45, 2.75) is 6.54 Å². The third-order valence-electron chi connectivity index (χ3n) is 3.17. The number of benzene rings is 2. The molecule has 0 bridgehead atoms. The predicted molar refractivity (Wildman–Crippen MR) is 84.9 cm³/mol. The van der Waals surface area contributed by atoms with Crippen LogP contribution in [0.2, 0.25) is 5.02 Å². The van der Waals surface area contributed by atoms with Crippen LogP contribution in [0.4, 0.5) is 11.4 Å². The molecule has 3 rings (SSSR count). The first-order valence-electron chi connectivity index (χ1n) is 6.35. The van der Waals surface area contributed by atoms with Crippen LogP contribution in [0.5, 0.6) is 0 Å². The summed E-state index contributed by atoms with van der Waals surface area (Å²) in [6.07, 6.45) is 1.75. The Morgan fingerprint density at radius 1 is 1.10 bits per heavy atom. The zero-order valence-electron chi connectivity index (χ0n) is 10.8. The van der Waals surface area contributed by atoms with E-state index in [0.717, 1.165) is 27.2 Å². The van der Waals surface area contributed by atoms with Gasteiger partial charge in [0.25, 0.3) is 0 Å². The highest BCUT2D eigenvalue weighted by Gasteiger charge is 2.04. The molecule has 0 radical (unpaired) electrons. The van der Waals surface area contributed by atoms with Crippen molar-refractivity contribution in [2.75, 3.05) is 11.1 Å². The zero-order valence-corrected chi connectivity index (χ0v) is 11.6. The third-order valence-corrected chi connectivity index (χ3v) is 3.41. The van der Waals surface area contributed by atoms with Crippen molar-refractivity contribution in [1.82, 2.24) is 4.98 Å².